The van der Waals surface area contributed by atoms with E-state index in [4.69, 9.17) is 0 Å². The topological polar surface area (TPSA) is 12.0 Å². The number of hydrogen-bond acceptors (Lipinski definition) is 1. The first-order valence-corrected chi connectivity index (χ1v) is 9.40. The van der Waals surface area contributed by atoms with Crippen LogP contribution >= 0.6 is 0 Å². The van der Waals surface area contributed by atoms with Gasteiger partial charge in [-0.1, -0.05) is 19.3 Å². The molecule has 5 saturated carbocycles. The van der Waals surface area contributed by atoms with Crippen molar-refractivity contribution < 1.29 is 0 Å². The lowest BCUT2D eigenvalue weighted by molar-refractivity contribution is -0.119. The normalized spacial score (nSPS) is 47.4. The molecule has 0 aliphatic heterocycles. The molecule has 0 spiro atoms. The minimum Gasteiger partial charge on any atom is -0.317 e. The molecule has 20 heavy (non-hydrogen) atoms. The van der Waals surface area contributed by atoms with Crippen molar-refractivity contribution in [3.8, 4) is 0 Å². The van der Waals surface area contributed by atoms with Gasteiger partial charge in [0.25, 0.3) is 0 Å². The maximum Gasteiger partial charge on any atom is 0.00950 e. The SMILES string of the molecule is CNC(C)C1(C2C3CC4CC(C3)CC2C4)CCCCC1. The summed E-state index contributed by atoms with van der Waals surface area (Å²) in [6, 6.07) is 0.727. The molecule has 5 rings (SSSR count). The van der Waals surface area contributed by atoms with Gasteiger partial charge in [-0.05, 0) is 93.9 Å². The van der Waals surface area contributed by atoms with Crippen molar-refractivity contribution in [3.63, 3.8) is 0 Å². The molecule has 0 amide bonds. The summed E-state index contributed by atoms with van der Waals surface area (Å²) < 4.78 is 0. The largest absolute Gasteiger partial charge is 0.317 e. The molecule has 5 aliphatic carbocycles. The van der Waals surface area contributed by atoms with Crippen LogP contribution in [0.2, 0.25) is 0 Å². The summed E-state index contributed by atoms with van der Waals surface area (Å²) in [5, 5.41) is 3.68. The highest BCUT2D eigenvalue weighted by Crippen LogP contribution is 2.64. The maximum absolute atomic E-state index is 3.68. The molecule has 1 nitrogen and oxygen atoms in total. The minimum atomic E-state index is 0.648. The third kappa shape index (κ3) is 1.91. The molecular weight excluding hydrogens is 242 g/mol. The van der Waals surface area contributed by atoms with Crippen LogP contribution in [-0.2, 0) is 0 Å². The second-order valence-corrected chi connectivity index (χ2v) is 8.76. The summed E-state index contributed by atoms with van der Waals surface area (Å²) in [5.74, 6) is 5.51. The van der Waals surface area contributed by atoms with Gasteiger partial charge in [-0.3, -0.25) is 0 Å². The molecule has 1 atom stereocenters. The van der Waals surface area contributed by atoms with Crippen LogP contribution in [0.25, 0.3) is 0 Å². The Hall–Kier alpha value is -0.0400. The molecule has 0 aromatic heterocycles. The highest BCUT2D eigenvalue weighted by atomic mass is 14.9. The van der Waals surface area contributed by atoms with Gasteiger partial charge in [0, 0.05) is 6.04 Å². The zero-order chi connectivity index (χ0) is 13.7. The summed E-state index contributed by atoms with van der Waals surface area (Å²) >= 11 is 0. The first kappa shape index (κ1) is 13.6. The summed E-state index contributed by atoms with van der Waals surface area (Å²) in [7, 11) is 2.21. The Morgan fingerprint density at radius 1 is 0.850 bits per heavy atom. The third-order valence-corrected chi connectivity index (χ3v) is 7.97. The fourth-order valence-corrected chi connectivity index (χ4v) is 7.42. The molecule has 0 aromatic rings. The molecule has 1 unspecified atom stereocenters. The van der Waals surface area contributed by atoms with Gasteiger partial charge in [0.15, 0.2) is 0 Å². The van der Waals surface area contributed by atoms with Crippen molar-refractivity contribution in [1.82, 2.24) is 5.32 Å². The van der Waals surface area contributed by atoms with Crippen LogP contribution in [0.3, 0.4) is 0 Å². The van der Waals surface area contributed by atoms with Crippen molar-refractivity contribution in [2.24, 2.45) is 35.0 Å². The zero-order valence-electron chi connectivity index (χ0n) is 13.5. The summed E-state index contributed by atoms with van der Waals surface area (Å²) in [6.07, 6.45) is 15.5. The zero-order valence-corrected chi connectivity index (χ0v) is 13.5. The van der Waals surface area contributed by atoms with E-state index in [0.29, 0.717) is 5.41 Å². The summed E-state index contributed by atoms with van der Waals surface area (Å²) in [5.41, 5.74) is 0.648. The molecule has 4 bridgehead atoms. The lowest BCUT2D eigenvalue weighted by Gasteiger charge is -2.62. The van der Waals surface area contributed by atoms with Crippen molar-refractivity contribution >= 4 is 0 Å². The Morgan fingerprint density at radius 2 is 1.40 bits per heavy atom. The lowest BCUT2D eigenvalue weighted by Crippen LogP contribution is -2.57. The van der Waals surface area contributed by atoms with Gasteiger partial charge in [0.1, 0.15) is 0 Å². The molecule has 5 fully saturated rings. The standard InChI is InChI=1S/C19H33N/c1-13(20-2)19(6-4-3-5-7-19)18-16-9-14-8-15(11-16)12-17(18)10-14/h13-18,20H,3-12H2,1-2H3. The smallest absolute Gasteiger partial charge is 0.00950 e. The van der Waals surface area contributed by atoms with Crippen LogP contribution in [0.5, 0.6) is 0 Å². The van der Waals surface area contributed by atoms with E-state index in [0.717, 1.165) is 35.6 Å². The number of hydrogen-bond donors (Lipinski definition) is 1. The molecule has 0 saturated heterocycles. The Morgan fingerprint density at radius 3 is 1.90 bits per heavy atom. The lowest BCUT2D eigenvalue weighted by atomic mass is 9.44. The van der Waals surface area contributed by atoms with Gasteiger partial charge in [0.05, 0.1) is 0 Å². The van der Waals surface area contributed by atoms with Crippen LogP contribution in [0.1, 0.15) is 71.1 Å². The predicted octanol–water partition coefficient (Wildman–Crippen LogP) is 4.62. The van der Waals surface area contributed by atoms with Gasteiger partial charge in [-0.25, -0.2) is 0 Å². The van der Waals surface area contributed by atoms with Crippen LogP contribution in [0.4, 0.5) is 0 Å². The number of nitrogens with one attached hydrogen (secondary N) is 1. The maximum atomic E-state index is 3.68. The van der Waals surface area contributed by atoms with E-state index in [1.54, 1.807) is 32.1 Å². The fourth-order valence-electron chi connectivity index (χ4n) is 7.42. The van der Waals surface area contributed by atoms with E-state index in [1.807, 2.05) is 0 Å². The van der Waals surface area contributed by atoms with Crippen LogP contribution < -0.4 is 5.32 Å². The molecule has 0 heterocycles. The van der Waals surface area contributed by atoms with E-state index in [1.165, 1.54) is 32.1 Å². The predicted molar refractivity (Wildman–Crippen MR) is 84.6 cm³/mol. The van der Waals surface area contributed by atoms with E-state index in [-0.39, 0.29) is 0 Å². The molecule has 0 aromatic carbocycles. The molecule has 5 aliphatic rings. The van der Waals surface area contributed by atoms with Crippen molar-refractivity contribution in [1.29, 1.82) is 0 Å². The average molecular weight is 275 g/mol. The molecular formula is C19H33N. The number of rotatable bonds is 3. The monoisotopic (exact) mass is 275 g/mol. The Bertz CT molecular complexity index is 327. The van der Waals surface area contributed by atoms with Gasteiger partial charge < -0.3 is 5.32 Å². The van der Waals surface area contributed by atoms with E-state index < -0.39 is 0 Å². The van der Waals surface area contributed by atoms with Gasteiger partial charge in [0.2, 0.25) is 0 Å². The average Bonchev–Trinajstić information content (AvgIpc) is 2.46. The Labute approximate surface area is 125 Å². The van der Waals surface area contributed by atoms with Crippen LogP contribution in [0.15, 0.2) is 0 Å². The van der Waals surface area contributed by atoms with Crippen molar-refractivity contribution in [2.45, 2.75) is 77.2 Å². The highest BCUT2D eigenvalue weighted by molar-refractivity contribution is 5.07. The Kier molecular flexibility index (Phi) is 3.41. The molecule has 1 N–H and O–H groups in total. The highest BCUT2D eigenvalue weighted by Gasteiger charge is 2.56. The second-order valence-electron chi connectivity index (χ2n) is 8.76. The summed E-state index contributed by atoms with van der Waals surface area (Å²) in [4.78, 5) is 0. The third-order valence-electron chi connectivity index (χ3n) is 7.97. The Balaban J connectivity index is 1.66. The van der Waals surface area contributed by atoms with E-state index >= 15 is 0 Å². The van der Waals surface area contributed by atoms with Crippen LogP contribution in [-0.4, -0.2) is 13.1 Å². The van der Waals surface area contributed by atoms with Gasteiger partial charge in [-0.2, -0.15) is 0 Å². The first-order valence-electron chi connectivity index (χ1n) is 9.40. The van der Waals surface area contributed by atoms with E-state index in [2.05, 4.69) is 19.3 Å². The minimum absolute atomic E-state index is 0.648. The fraction of sp³-hybridized carbons (Fsp3) is 1.00. The van der Waals surface area contributed by atoms with Crippen LogP contribution in [0, 0.1) is 35.0 Å². The van der Waals surface area contributed by atoms with Crippen molar-refractivity contribution in [3.05, 3.63) is 0 Å². The van der Waals surface area contributed by atoms with Gasteiger partial charge >= 0.3 is 0 Å². The molecule has 0 radical (unpaired) electrons. The van der Waals surface area contributed by atoms with E-state index in [9.17, 15) is 0 Å². The quantitative estimate of drug-likeness (QED) is 0.792. The first-order chi connectivity index (χ1) is 9.73. The second kappa shape index (κ2) is 5.00. The van der Waals surface area contributed by atoms with Gasteiger partial charge in [-0.15, -0.1) is 0 Å². The van der Waals surface area contributed by atoms with Crippen molar-refractivity contribution in [2.75, 3.05) is 7.05 Å². The summed E-state index contributed by atoms with van der Waals surface area (Å²) in [6.45, 7) is 2.50. The molecule has 114 valence electrons. The molecule has 1 heteroatoms.